The summed E-state index contributed by atoms with van der Waals surface area (Å²) in [7, 11) is 1.79. The lowest BCUT2D eigenvalue weighted by Crippen LogP contribution is -2.37. The average Bonchev–Trinajstić information content (AvgIpc) is 2.82. The van der Waals surface area contributed by atoms with Crippen molar-refractivity contribution < 1.29 is 4.74 Å². The van der Waals surface area contributed by atoms with Crippen LogP contribution in [-0.2, 0) is 11.3 Å². The minimum atomic E-state index is 0.600. The number of halogens is 1. The van der Waals surface area contributed by atoms with E-state index in [1.54, 1.807) is 18.4 Å². The van der Waals surface area contributed by atoms with Crippen molar-refractivity contribution in [1.82, 2.24) is 10.6 Å². The van der Waals surface area contributed by atoms with E-state index in [2.05, 4.69) is 56.8 Å². The highest BCUT2D eigenvalue weighted by atomic mass is 79.9. The molecule has 1 aromatic rings. The van der Waals surface area contributed by atoms with E-state index in [-0.39, 0.29) is 0 Å². The Morgan fingerprint density at radius 3 is 2.85 bits per heavy atom. The van der Waals surface area contributed by atoms with Crippen LogP contribution in [0.4, 0.5) is 0 Å². The number of aliphatic imine (C=N–C) groups is 1. The maximum absolute atomic E-state index is 5.54. The van der Waals surface area contributed by atoms with Crippen LogP contribution in [0.3, 0.4) is 0 Å². The van der Waals surface area contributed by atoms with Crippen molar-refractivity contribution in [3.05, 3.63) is 20.8 Å². The molecule has 0 aliphatic heterocycles. The van der Waals surface area contributed by atoms with Crippen molar-refractivity contribution in [2.24, 2.45) is 10.9 Å². The predicted molar refractivity (Wildman–Crippen MR) is 90.5 cm³/mol. The Labute approximate surface area is 134 Å². The standard InChI is InChI=1S/C14H24BrN3OS/c1-11(2)9-19-6-4-5-17-14(16-3)18-8-13-7-12(15)10-20-13/h7,10-11H,4-6,8-9H2,1-3H3,(H2,16,17,18). The molecule has 0 aliphatic carbocycles. The minimum absolute atomic E-state index is 0.600. The Balaban J connectivity index is 2.11. The van der Waals surface area contributed by atoms with Gasteiger partial charge in [0.05, 0.1) is 6.54 Å². The van der Waals surface area contributed by atoms with Crippen LogP contribution in [0.15, 0.2) is 20.9 Å². The van der Waals surface area contributed by atoms with Crippen LogP contribution in [0.2, 0.25) is 0 Å². The van der Waals surface area contributed by atoms with Crippen LogP contribution < -0.4 is 10.6 Å². The van der Waals surface area contributed by atoms with Gasteiger partial charge in [0.15, 0.2) is 5.96 Å². The SMILES string of the molecule is CN=C(NCCCOCC(C)C)NCc1cc(Br)cs1. The maximum Gasteiger partial charge on any atom is 0.191 e. The van der Waals surface area contributed by atoms with Gasteiger partial charge in [0, 0.05) is 41.5 Å². The van der Waals surface area contributed by atoms with Crippen LogP contribution in [0.25, 0.3) is 0 Å². The lowest BCUT2D eigenvalue weighted by Gasteiger charge is -2.11. The predicted octanol–water partition coefficient (Wildman–Crippen LogP) is 3.24. The molecular weight excluding hydrogens is 338 g/mol. The number of hydrogen-bond acceptors (Lipinski definition) is 3. The van der Waals surface area contributed by atoms with Gasteiger partial charge in [0.1, 0.15) is 0 Å². The zero-order chi connectivity index (χ0) is 14.8. The summed E-state index contributed by atoms with van der Waals surface area (Å²) in [4.78, 5) is 5.48. The van der Waals surface area contributed by atoms with Crippen LogP contribution in [0.5, 0.6) is 0 Å². The maximum atomic E-state index is 5.54. The summed E-state index contributed by atoms with van der Waals surface area (Å²) in [6.07, 6.45) is 0.984. The third-order valence-electron chi connectivity index (χ3n) is 2.48. The summed E-state index contributed by atoms with van der Waals surface area (Å²) in [6, 6.07) is 2.12. The van der Waals surface area contributed by atoms with Gasteiger partial charge in [-0.05, 0) is 34.3 Å². The highest BCUT2D eigenvalue weighted by molar-refractivity contribution is 9.10. The molecule has 6 heteroatoms. The molecule has 0 atom stereocenters. The summed E-state index contributed by atoms with van der Waals surface area (Å²) >= 11 is 5.18. The topological polar surface area (TPSA) is 45.7 Å². The van der Waals surface area contributed by atoms with Gasteiger partial charge < -0.3 is 15.4 Å². The fourth-order valence-electron chi connectivity index (χ4n) is 1.54. The zero-order valence-corrected chi connectivity index (χ0v) is 14.8. The van der Waals surface area contributed by atoms with Crippen LogP contribution >= 0.6 is 27.3 Å². The van der Waals surface area contributed by atoms with Crippen molar-refractivity contribution >= 4 is 33.2 Å². The Morgan fingerprint density at radius 1 is 1.45 bits per heavy atom. The lowest BCUT2D eigenvalue weighted by atomic mass is 10.2. The molecule has 0 aliphatic rings. The van der Waals surface area contributed by atoms with Crippen molar-refractivity contribution in [1.29, 1.82) is 0 Å². The summed E-state index contributed by atoms with van der Waals surface area (Å²) in [5.41, 5.74) is 0. The average molecular weight is 362 g/mol. The van der Waals surface area contributed by atoms with Gasteiger partial charge >= 0.3 is 0 Å². The number of ether oxygens (including phenoxy) is 1. The fourth-order valence-corrected chi connectivity index (χ4v) is 2.93. The molecule has 1 rings (SSSR count). The van der Waals surface area contributed by atoms with Gasteiger partial charge in [0.25, 0.3) is 0 Å². The molecule has 0 aromatic carbocycles. The van der Waals surface area contributed by atoms with Crippen molar-refractivity contribution in [2.45, 2.75) is 26.8 Å². The summed E-state index contributed by atoms with van der Waals surface area (Å²) < 4.78 is 6.67. The summed E-state index contributed by atoms with van der Waals surface area (Å²) in [5.74, 6) is 1.43. The summed E-state index contributed by atoms with van der Waals surface area (Å²) in [5, 5.41) is 8.66. The van der Waals surface area contributed by atoms with E-state index in [0.29, 0.717) is 5.92 Å². The van der Waals surface area contributed by atoms with Gasteiger partial charge in [-0.2, -0.15) is 0 Å². The Bertz CT molecular complexity index is 407. The number of nitrogens with one attached hydrogen (secondary N) is 2. The molecule has 20 heavy (non-hydrogen) atoms. The highest BCUT2D eigenvalue weighted by Crippen LogP contribution is 2.19. The van der Waals surface area contributed by atoms with E-state index in [9.17, 15) is 0 Å². The minimum Gasteiger partial charge on any atom is -0.381 e. The molecule has 0 amide bonds. The first-order chi connectivity index (χ1) is 9.61. The second-order valence-corrected chi connectivity index (χ2v) is 6.82. The third kappa shape index (κ3) is 7.87. The number of hydrogen-bond donors (Lipinski definition) is 2. The van der Waals surface area contributed by atoms with Gasteiger partial charge in [-0.25, -0.2) is 0 Å². The Hall–Kier alpha value is -0.590. The number of rotatable bonds is 8. The third-order valence-corrected chi connectivity index (χ3v) is 4.18. The molecule has 1 heterocycles. The number of guanidine groups is 1. The zero-order valence-electron chi connectivity index (χ0n) is 12.4. The van der Waals surface area contributed by atoms with Crippen molar-refractivity contribution in [3.63, 3.8) is 0 Å². The van der Waals surface area contributed by atoms with Crippen molar-refractivity contribution in [2.75, 3.05) is 26.8 Å². The molecule has 114 valence electrons. The van der Waals surface area contributed by atoms with Gasteiger partial charge in [-0.3, -0.25) is 4.99 Å². The Morgan fingerprint density at radius 2 is 2.25 bits per heavy atom. The lowest BCUT2D eigenvalue weighted by molar-refractivity contribution is 0.108. The van der Waals surface area contributed by atoms with E-state index in [0.717, 1.165) is 43.2 Å². The van der Waals surface area contributed by atoms with Crippen LogP contribution in [0.1, 0.15) is 25.1 Å². The second kappa shape index (κ2) is 10.2. The normalized spacial score (nSPS) is 11.9. The van der Waals surface area contributed by atoms with E-state index >= 15 is 0 Å². The first-order valence-corrected chi connectivity index (χ1v) is 8.54. The Kier molecular flexibility index (Phi) is 8.89. The molecular formula is C14H24BrN3OS. The molecule has 0 unspecified atom stereocenters. The van der Waals surface area contributed by atoms with E-state index in [1.807, 2.05) is 0 Å². The van der Waals surface area contributed by atoms with Crippen LogP contribution in [0, 0.1) is 5.92 Å². The molecule has 0 saturated heterocycles. The molecule has 0 radical (unpaired) electrons. The molecule has 4 nitrogen and oxygen atoms in total. The van der Waals surface area contributed by atoms with Gasteiger partial charge in [-0.1, -0.05) is 13.8 Å². The molecule has 0 spiro atoms. The van der Waals surface area contributed by atoms with E-state index in [4.69, 9.17) is 4.74 Å². The molecule has 2 N–H and O–H groups in total. The smallest absolute Gasteiger partial charge is 0.191 e. The summed E-state index contributed by atoms with van der Waals surface area (Å²) in [6.45, 7) is 7.60. The largest absolute Gasteiger partial charge is 0.381 e. The first kappa shape index (κ1) is 17.5. The van der Waals surface area contributed by atoms with Crippen LogP contribution in [-0.4, -0.2) is 32.8 Å². The monoisotopic (exact) mass is 361 g/mol. The highest BCUT2D eigenvalue weighted by Gasteiger charge is 2.00. The second-order valence-electron chi connectivity index (χ2n) is 4.91. The molecule has 0 saturated carbocycles. The number of thiophene rings is 1. The quantitative estimate of drug-likeness (QED) is 0.424. The van der Waals surface area contributed by atoms with Gasteiger partial charge in [-0.15, -0.1) is 11.3 Å². The first-order valence-electron chi connectivity index (χ1n) is 6.87. The van der Waals surface area contributed by atoms with Gasteiger partial charge in [0.2, 0.25) is 0 Å². The van der Waals surface area contributed by atoms with E-state index < -0.39 is 0 Å². The fraction of sp³-hybridized carbons (Fsp3) is 0.643. The molecule has 1 aromatic heterocycles. The molecule has 0 bridgehead atoms. The van der Waals surface area contributed by atoms with Crippen molar-refractivity contribution in [3.8, 4) is 0 Å². The molecule has 0 fully saturated rings. The van der Waals surface area contributed by atoms with E-state index in [1.165, 1.54) is 4.88 Å². The number of nitrogens with zero attached hydrogens (tertiary/aromatic N) is 1.